The van der Waals surface area contributed by atoms with Crippen LogP contribution in [-0.4, -0.2) is 66.3 Å². The van der Waals surface area contributed by atoms with E-state index < -0.39 is 0 Å². The van der Waals surface area contributed by atoms with Gasteiger partial charge < -0.3 is 20.3 Å². The maximum Gasteiger partial charge on any atom is 0.0788 e. The van der Waals surface area contributed by atoms with Crippen LogP contribution in [0, 0.1) is 5.92 Å². The van der Waals surface area contributed by atoms with Gasteiger partial charge in [0.05, 0.1) is 11.2 Å². The Morgan fingerprint density at radius 3 is 1.95 bits per heavy atom. The molecule has 2 rings (SSSR count). The normalized spacial score (nSPS) is 35.7. The van der Waals surface area contributed by atoms with Crippen LogP contribution in [0.2, 0.25) is 0 Å². The molecule has 19 heavy (non-hydrogen) atoms. The van der Waals surface area contributed by atoms with Crippen LogP contribution < -0.4 is 5.73 Å². The second-order valence-electron chi connectivity index (χ2n) is 7.18. The summed E-state index contributed by atoms with van der Waals surface area (Å²) in [6, 6.07) is 0.117. The van der Waals surface area contributed by atoms with Crippen molar-refractivity contribution < 1.29 is 4.74 Å². The molecule has 0 radical (unpaired) electrons. The van der Waals surface area contributed by atoms with Gasteiger partial charge in [0.15, 0.2) is 0 Å². The van der Waals surface area contributed by atoms with Crippen molar-refractivity contribution in [2.24, 2.45) is 11.7 Å². The van der Waals surface area contributed by atoms with Crippen LogP contribution in [0.3, 0.4) is 0 Å². The van der Waals surface area contributed by atoms with Crippen molar-refractivity contribution in [1.82, 2.24) is 9.80 Å². The Balaban J connectivity index is 1.95. The molecule has 2 N–H and O–H groups in total. The van der Waals surface area contributed by atoms with Crippen LogP contribution in [0.5, 0.6) is 0 Å². The quantitative estimate of drug-likeness (QED) is 0.835. The van der Waals surface area contributed by atoms with Crippen molar-refractivity contribution in [2.75, 3.05) is 39.3 Å². The van der Waals surface area contributed by atoms with Gasteiger partial charge in [-0.25, -0.2) is 0 Å². The molecule has 0 amide bonds. The number of hydrogen-bond acceptors (Lipinski definition) is 4. The number of ether oxygens (including phenoxy) is 1. The first-order valence-corrected chi connectivity index (χ1v) is 7.66. The molecule has 4 nitrogen and oxygen atoms in total. The first kappa shape index (κ1) is 15.2. The van der Waals surface area contributed by atoms with Crippen LogP contribution in [0.4, 0.5) is 0 Å². The zero-order valence-corrected chi connectivity index (χ0v) is 13.3. The zero-order chi connectivity index (χ0) is 14.3. The van der Waals surface area contributed by atoms with E-state index in [0.29, 0.717) is 5.92 Å². The number of rotatable bonds is 3. The Bertz CT molecular complexity index is 309. The Kier molecular flexibility index (Phi) is 4.26. The molecule has 2 aliphatic heterocycles. The monoisotopic (exact) mass is 269 g/mol. The van der Waals surface area contributed by atoms with Gasteiger partial charge in [-0.1, -0.05) is 6.92 Å². The lowest BCUT2D eigenvalue weighted by Crippen LogP contribution is -2.52. The smallest absolute Gasteiger partial charge is 0.0788 e. The van der Waals surface area contributed by atoms with E-state index in [2.05, 4.69) is 44.4 Å². The first-order valence-electron chi connectivity index (χ1n) is 7.66. The zero-order valence-electron chi connectivity index (χ0n) is 13.3. The van der Waals surface area contributed by atoms with Gasteiger partial charge in [-0.05, 0) is 34.2 Å². The summed E-state index contributed by atoms with van der Waals surface area (Å²) >= 11 is 0. The Morgan fingerprint density at radius 1 is 1.00 bits per heavy atom. The summed E-state index contributed by atoms with van der Waals surface area (Å²) in [5, 5.41) is 0. The fraction of sp³-hybridized carbons (Fsp3) is 1.00. The molecule has 2 fully saturated rings. The predicted molar refractivity (Wildman–Crippen MR) is 79.3 cm³/mol. The molecule has 2 aliphatic rings. The average Bonchev–Trinajstić information content (AvgIpc) is 2.48. The van der Waals surface area contributed by atoms with Crippen LogP contribution >= 0.6 is 0 Å². The SMILES string of the molecule is CCN1CCN(CC2C(N)C(C)(C)OC2(C)C)CC1. The van der Waals surface area contributed by atoms with Gasteiger partial charge in [-0.15, -0.1) is 0 Å². The minimum atomic E-state index is -0.209. The number of hydrogen-bond donors (Lipinski definition) is 1. The molecule has 2 heterocycles. The second-order valence-corrected chi connectivity index (χ2v) is 7.18. The fourth-order valence-electron chi connectivity index (χ4n) is 3.64. The average molecular weight is 269 g/mol. The number of likely N-dealkylation sites (N-methyl/N-ethyl adjacent to an activating group) is 1. The highest BCUT2D eigenvalue weighted by molar-refractivity contribution is 5.04. The minimum Gasteiger partial charge on any atom is -0.368 e. The molecule has 0 aromatic rings. The molecule has 2 saturated heterocycles. The lowest BCUT2D eigenvalue weighted by Gasteiger charge is -2.38. The minimum absolute atomic E-state index is 0.117. The molecule has 0 saturated carbocycles. The summed E-state index contributed by atoms with van der Waals surface area (Å²) in [4.78, 5) is 5.07. The van der Waals surface area contributed by atoms with Gasteiger partial charge in [0.1, 0.15) is 0 Å². The third-order valence-corrected chi connectivity index (χ3v) is 5.02. The topological polar surface area (TPSA) is 41.7 Å². The maximum atomic E-state index is 6.44. The molecule has 0 spiro atoms. The van der Waals surface area contributed by atoms with E-state index in [4.69, 9.17) is 10.5 Å². The molecular formula is C15H31N3O. The molecule has 0 bridgehead atoms. The summed E-state index contributed by atoms with van der Waals surface area (Å²) < 4.78 is 6.18. The first-order chi connectivity index (χ1) is 8.76. The van der Waals surface area contributed by atoms with Crippen LogP contribution in [-0.2, 0) is 4.74 Å². The van der Waals surface area contributed by atoms with E-state index in [1.165, 1.54) is 19.6 Å². The molecule has 0 aromatic heterocycles. The van der Waals surface area contributed by atoms with Crippen molar-refractivity contribution in [1.29, 1.82) is 0 Å². The molecule has 2 unspecified atom stereocenters. The summed E-state index contributed by atoms with van der Waals surface area (Å²) in [6.07, 6.45) is 0. The summed E-state index contributed by atoms with van der Waals surface area (Å²) in [5.74, 6) is 0.413. The molecule has 4 heteroatoms. The van der Waals surface area contributed by atoms with Gasteiger partial charge in [0.25, 0.3) is 0 Å². The third kappa shape index (κ3) is 3.13. The number of nitrogens with two attached hydrogens (primary N) is 1. The molecule has 2 atom stereocenters. The van der Waals surface area contributed by atoms with Crippen LogP contribution in [0.25, 0.3) is 0 Å². The van der Waals surface area contributed by atoms with Gasteiger partial charge >= 0.3 is 0 Å². The molecule has 0 aromatic carbocycles. The Labute approximate surface area is 118 Å². The molecular weight excluding hydrogens is 238 g/mol. The second kappa shape index (κ2) is 5.32. The van der Waals surface area contributed by atoms with E-state index in [1.54, 1.807) is 0 Å². The Hall–Kier alpha value is -0.160. The van der Waals surface area contributed by atoms with Crippen molar-refractivity contribution in [3.05, 3.63) is 0 Å². The van der Waals surface area contributed by atoms with Gasteiger partial charge in [0, 0.05) is 44.7 Å². The highest BCUT2D eigenvalue weighted by Gasteiger charge is 2.52. The summed E-state index contributed by atoms with van der Waals surface area (Å²) in [5.41, 5.74) is 6.11. The van der Waals surface area contributed by atoms with Crippen molar-refractivity contribution >= 4 is 0 Å². The van der Waals surface area contributed by atoms with E-state index in [9.17, 15) is 0 Å². The standard InChI is InChI=1S/C15H31N3O/c1-6-17-7-9-18(10-8-17)11-12-13(16)15(4,5)19-14(12,2)3/h12-13H,6-11,16H2,1-5H3. The van der Waals surface area contributed by atoms with E-state index in [-0.39, 0.29) is 17.2 Å². The maximum absolute atomic E-state index is 6.44. The number of piperazine rings is 1. The van der Waals surface area contributed by atoms with Crippen molar-refractivity contribution in [2.45, 2.75) is 51.9 Å². The van der Waals surface area contributed by atoms with Gasteiger partial charge in [-0.3, -0.25) is 0 Å². The van der Waals surface area contributed by atoms with E-state index in [0.717, 1.165) is 19.6 Å². The van der Waals surface area contributed by atoms with E-state index in [1.807, 2.05) is 0 Å². The fourth-order valence-corrected chi connectivity index (χ4v) is 3.64. The van der Waals surface area contributed by atoms with Crippen LogP contribution in [0.1, 0.15) is 34.6 Å². The van der Waals surface area contributed by atoms with Gasteiger partial charge in [0.2, 0.25) is 0 Å². The van der Waals surface area contributed by atoms with E-state index >= 15 is 0 Å². The van der Waals surface area contributed by atoms with Gasteiger partial charge in [-0.2, -0.15) is 0 Å². The Morgan fingerprint density at radius 2 is 1.53 bits per heavy atom. The lowest BCUT2D eigenvalue weighted by molar-refractivity contribution is -0.0790. The largest absolute Gasteiger partial charge is 0.368 e. The summed E-state index contributed by atoms with van der Waals surface area (Å²) in [7, 11) is 0. The number of nitrogens with zero attached hydrogens (tertiary/aromatic N) is 2. The summed E-state index contributed by atoms with van der Waals surface area (Å²) in [6.45, 7) is 17.8. The molecule has 112 valence electrons. The van der Waals surface area contributed by atoms with Crippen LogP contribution in [0.15, 0.2) is 0 Å². The highest BCUT2D eigenvalue weighted by atomic mass is 16.5. The van der Waals surface area contributed by atoms with Crippen molar-refractivity contribution in [3.8, 4) is 0 Å². The third-order valence-electron chi connectivity index (χ3n) is 5.02. The highest BCUT2D eigenvalue weighted by Crippen LogP contribution is 2.41. The van der Waals surface area contributed by atoms with Crippen molar-refractivity contribution in [3.63, 3.8) is 0 Å². The molecule has 0 aliphatic carbocycles. The predicted octanol–water partition coefficient (Wildman–Crippen LogP) is 1.15. The lowest BCUT2D eigenvalue weighted by atomic mass is 9.82.